The van der Waals surface area contributed by atoms with Crippen molar-refractivity contribution in [3.63, 3.8) is 0 Å². The first-order valence-electron chi connectivity index (χ1n) is 5.23. The van der Waals surface area contributed by atoms with Crippen LogP contribution in [-0.2, 0) is 0 Å². The molecule has 0 fully saturated rings. The van der Waals surface area contributed by atoms with Gasteiger partial charge in [-0.15, -0.1) is 0 Å². The van der Waals surface area contributed by atoms with E-state index in [0.29, 0.717) is 11.7 Å². The minimum Gasteiger partial charge on any atom is -0.386 e. The first kappa shape index (κ1) is 11.6. The first-order chi connectivity index (χ1) is 7.06. The number of hydrogen-bond donors (Lipinski definition) is 2. The smallest absolute Gasteiger partial charge is 0.0931 e. The number of anilines is 1. The van der Waals surface area contributed by atoms with Gasteiger partial charge in [-0.3, -0.25) is 4.98 Å². The summed E-state index contributed by atoms with van der Waals surface area (Å²) in [6.07, 6.45) is 2.89. The lowest BCUT2D eigenvalue weighted by atomic mass is 10.0. The van der Waals surface area contributed by atoms with E-state index in [4.69, 9.17) is 5.73 Å². The van der Waals surface area contributed by atoms with E-state index >= 15 is 0 Å². The van der Waals surface area contributed by atoms with Crippen molar-refractivity contribution in [2.75, 3.05) is 5.32 Å². The zero-order chi connectivity index (χ0) is 11.4. The van der Waals surface area contributed by atoms with E-state index in [9.17, 15) is 0 Å². The van der Waals surface area contributed by atoms with Gasteiger partial charge in [-0.1, -0.05) is 20.4 Å². The largest absolute Gasteiger partial charge is 0.386 e. The molecule has 0 saturated heterocycles. The van der Waals surface area contributed by atoms with E-state index in [1.54, 1.807) is 0 Å². The van der Waals surface area contributed by atoms with Gasteiger partial charge in [-0.05, 0) is 25.0 Å². The average Bonchev–Trinajstić information content (AvgIpc) is 2.19. The summed E-state index contributed by atoms with van der Waals surface area (Å²) in [6.45, 7) is 10.0. The molecule has 0 radical (unpaired) electrons. The molecule has 0 spiro atoms. The van der Waals surface area contributed by atoms with Crippen LogP contribution >= 0.6 is 0 Å². The normalized spacial score (nSPS) is 12.2. The highest BCUT2D eigenvalue weighted by Gasteiger charge is 2.12. The third-order valence-corrected chi connectivity index (χ3v) is 2.55. The minimum atomic E-state index is 0.423. The van der Waals surface area contributed by atoms with Gasteiger partial charge in [0.25, 0.3) is 0 Å². The Balaban J connectivity index is 3.13. The second kappa shape index (κ2) is 4.82. The molecule has 0 aliphatic rings. The molecular weight excluding hydrogens is 186 g/mol. The topological polar surface area (TPSA) is 50.9 Å². The quantitative estimate of drug-likeness (QED) is 0.794. The maximum atomic E-state index is 5.57. The lowest BCUT2D eigenvalue weighted by Crippen LogP contribution is -2.12. The Labute approximate surface area is 91.4 Å². The lowest BCUT2D eigenvalue weighted by Gasteiger charge is -2.17. The fraction of sp³-hybridized carbons (Fsp3) is 0.417. The van der Waals surface area contributed by atoms with Crippen LogP contribution in [0.1, 0.15) is 37.4 Å². The molecule has 0 aliphatic heterocycles. The molecule has 3 nitrogen and oxygen atoms in total. The summed E-state index contributed by atoms with van der Waals surface area (Å²) in [7, 11) is 0. The number of hydrogen-bond acceptors (Lipinski definition) is 3. The molecule has 3 heteroatoms. The molecule has 0 amide bonds. The van der Waals surface area contributed by atoms with Crippen LogP contribution < -0.4 is 11.1 Å². The predicted molar refractivity (Wildman–Crippen MR) is 64.6 cm³/mol. The number of pyridine rings is 1. The molecule has 1 heterocycles. The maximum Gasteiger partial charge on any atom is 0.0931 e. The Kier molecular flexibility index (Phi) is 3.72. The zero-order valence-electron chi connectivity index (χ0n) is 9.67. The van der Waals surface area contributed by atoms with Crippen molar-refractivity contribution >= 4 is 5.69 Å². The zero-order valence-corrected chi connectivity index (χ0v) is 9.67. The summed E-state index contributed by atoms with van der Waals surface area (Å²) in [4.78, 5) is 4.40. The molecule has 0 aromatic carbocycles. The molecular formula is C12H19N3. The van der Waals surface area contributed by atoms with E-state index < -0.39 is 0 Å². The Morgan fingerprint density at radius 2 is 2.33 bits per heavy atom. The number of aromatic nitrogens is 1. The van der Waals surface area contributed by atoms with Gasteiger partial charge in [0.1, 0.15) is 0 Å². The van der Waals surface area contributed by atoms with E-state index in [-0.39, 0.29) is 0 Å². The summed E-state index contributed by atoms with van der Waals surface area (Å²) in [5.74, 6) is 0.877. The second-order valence-electron chi connectivity index (χ2n) is 3.85. The van der Waals surface area contributed by atoms with Crippen LogP contribution in [0, 0.1) is 6.92 Å². The van der Waals surface area contributed by atoms with Gasteiger partial charge in [0.15, 0.2) is 0 Å². The van der Waals surface area contributed by atoms with Gasteiger partial charge in [-0.2, -0.15) is 0 Å². The van der Waals surface area contributed by atoms with Crippen LogP contribution in [0.3, 0.4) is 0 Å². The maximum absolute atomic E-state index is 5.57. The molecule has 1 aromatic heterocycles. The molecule has 0 saturated carbocycles. The Morgan fingerprint density at radius 1 is 1.67 bits per heavy atom. The molecule has 15 heavy (non-hydrogen) atoms. The number of rotatable bonds is 4. The van der Waals surface area contributed by atoms with Gasteiger partial charge in [-0.25, -0.2) is 0 Å². The molecule has 1 atom stereocenters. The monoisotopic (exact) mass is 205 g/mol. The molecule has 3 N–H and O–H groups in total. The summed E-state index contributed by atoms with van der Waals surface area (Å²) in [5.41, 5.74) is 8.77. The number of nitrogens with one attached hydrogen (secondary N) is 1. The minimum absolute atomic E-state index is 0.423. The van der Waals surface area contributed by atoms with Crippen molar-refractivity contribution in [2.45, 2.75) is 33.1 Å². The van der Waals surface area contributed by atoms with Crippen LogP contribution in [0.15, 0.2) is 24.7 Å². The highest BCUT2D eigenvalue weighted by Crippen LogP contribution is 2.27. The van der Waals surface area contributed by atoms with Crippen molar-refractivity contribution in [1.82, 2.24) is 4.98 Å². The summed E-state index contributed by atoms with van der Waals surface area (Å²) < 4.78 is 0. The standard InChI is InChI=1S/C12H19N3/c1-5-8(2)11-12(15-10(4)13)9(3)6-7-14-11/h6-8,15H,4-5,13H2,1-3H3. The SMILES string of the molecule is C=C(N)Nc1c(C)ccnc1C(C)CC. The Bertz CT molecular complexity index is 358. The Morgan fingerprint density at radius 3 is 2.87 bits per heavy atom. The molecule has 1 rings (SSSR count). The van der Waals surface area contributed by atoms with Crippen LogP contribution in [0.4, 0.5) is 5.69 Å². The van der Waals surface area contributed by atoms with Crippen LogP contribution in [0.5, 0.6) is 0 Å². The van der Waals surface area contributed by atoms with Crippen LogP contribution in [0.25, 0.3) is 0 Å². The van der Waals surface area contributed by atoms with E-state index in [1.807, 2.05) is 19.2 Å². The van der Waals surface area contributed by atoms with Crippen molar-refractivity contribution < 1.29 is 0 Å². The first-order valence-corrected chi connectivity index (χ1v) is 5.23. The van der Waals surface area contributed by atoms with E-state index in [0.717, 1.165) is 23.4 Å². The van der Waals surface area contributed by atoms with Crippen LogP contribution in [0.2, 0.25) is 0 Å². The van der Waals surface area contributed by atoms with Crippen LogP contribution in [-0.4, -0.2) is 4.98 Å². The average molecular weight is 205 g/mol. The van der Waals surface area contributed by atoms with Crippen molar-refractivity contribution in [2.24, 2.45) is 5.73 Å². The van der Waals surface area contributed by atoms with Gasteiger partial charge in [0.05, 0.1) is 17.2 Å². The number of nitrogens with two attached hydrogens (primary N) is 1. The highest BCUT2D eigenvalue weighted by molar-refractivity contribution is 5.58. The van der Waals surface area contributed by atoms with Crippen molar-refractivity contribution in [3.05, 3.63) is 35.9 Å². The Hall–Kier alpha value is -1.51. The molecule has 0 bridgehead atoms. The fourth-order valence-electron chi connectivity index (χ4n) is 1.47. The molecule has 1 aromatic rings. The number of aryl methyl sites for hydroxylation is 1. The van der Waals surface area contributed by atoms with Gasteiger partial charge < -0.3 is 11.1 Å². The third-order valence-electron chi connectivity index (χ3n) is 2.55. The molecule has 82 valence electrons. The summed E-state index contributed by atoms with van der Waals surface area (Å²) in [5, 5.41) is 3.08. The summed E-state index contributed by atoms with van der Waals surface area (Å²) in [6, 6.07) is 1.97. The fourth-order valence-corrected chi connectivity index (χ4v) is 1.47. The van der Waals surface area contributed by atoms with Gasteiger partial charge in [0.2, 0.25) is 0 Å². The summed E-state index contributed by atoms with van der Waals surface area (Å²) >= 11 is 0. The predicted octanol–water partition coefficient (Wildman–Crippen LogP) is 2.75. The number of nitrogens with zero attached hydrogens (tertiary/aromatic N) is 1. The third kappa shape index (κ3) is 2.72. The molecule has 0 aliphatic carbocycles. The van der Waals surface area contributed by atoms with Crippen molar-refractivity contribution in [1.29, 1.82) is 0 Å². The van der Waals surface area contributed by atoms with Crippen molar-refractivity contribution in [3.8, 4) is 0 Å². The van der Waals surface area contributed by atoms with E-state index in [2.05, 4.69) is 30.7 Å². The molecule has 1 unspecified atom stereocenters. The lowest BCUT2D eigenvalue weighted by molar-refractivity contribution is 0.709. The van der Waals surface area contributed by atoms with E-state index in [1.165, 1.54) is 0 Å². The van der Waals surface area contributed by atoms with Gasteiger partial charge >= 0.3 is 0 Å². The second-order valence-corrected chi connectivity index (χ2v) is 3.85. The highest BCUT2D eigenvalue weighted by atomic mass is 15.0. The van der Waals surface area contributed by atoms with Gasteiger partial charge in [0, 0.05) is 12.1 Å².